The van der Waals surface area contributed by atoms with E-state index in [2.05, 4.69) is 20.0 Å². The Morgan fingerprint density at radius 2 is 1.35 bits per heavy atom. The van der Waals surface area contributed by atoms with Crippen molar-refractivity contribution in [3.05, 3.63) is 71.8 Å². The highest BCUT2D eigenvalue weighted by Gasteiger charge is 2.74. The summed E-state index contributed by atoms with van der Waals surface area (Å²) in [5.74, 6) is -5.72. The molecule has 2 amide bonds. The van der Waals surface area contributed by atoms with E-state index in [1.165, 1.54) is 43.7 Å². The molecule has 2 aromatic rings. The number of alkyl halides is 5. The van der Waals surface area contributed by atoms with Crippen molar-refractivity contribution in [2.24, 2.45) is 11.3 Å². The predicted molar refractivity (Wildman–Crippen MR) is 133 cm³/mol. The molecule has 2 aliphatic heterocycles. The lowest BCUT2D eigenvalue weighted by Crippen LogP contribution is -2.56. The van der Waals surface area contributed by atoms with Gasteiger partial charge in [0.25, 0.3) is 0 Å². The van der Waals surface area contributed by atoms with Crippen molar-refractivity contribution in [3.63, 3.8) is 0 Å². The Morgan fingerprint density at radius 1 is 0.838 bits per heavy atom. The largest absolute Gasteiger partial charge is 0.454 e. The fourth-order valence-electron chi connectivity index (χ4n) is 4.70. The third-order valence-corrected chi connectivity index (χ3v) is 6.80. The zero-order valence-electron chi connectivity index (χ0n) is 21.3. The Labute approximate surface area is 216 Å². The zero-order valence-corrected chi connectivity index (χ0v) is 21.3. The van der Waals surface area contributed by atoms with Gasteiger partial charge in [0.05, 0.1) is 7.85 Å². The van der Waals surface area contributed by atoms with Gasteiger partial charge >= 0.3 is 12.1 Å². The molecule has 0 saturated carbocycles. The molecule has 0 N–H and O–H groups in total. The Morgan fingerprint density at radius 3 is 1.76 bits per heavy atom. The minimum Gasteiger partial charge on any atom is -0.345 e. The normalized spacial score (nSPS) is 21.8. The standard InChI is InChI=1S/C14H14F5NO.C12H15NO.CH3B/c1-20-8-7-12(11(20)21,13(15,16)14(17,18)19)9-10-5-3-2-4-6-10;1-13-8-7-11(12(13)14)9-10-5-3-2-4-6-10;1-2/h2-6H,7-9H2,1H3;2-6,11H,7-9H2,1H3;1H3. The van der Waals surface area contributed by atoms with Crippen LogP contribution in [-0.2, 0) is 22.4 Å². The molecule has 2 fully saturated rings. The molecule has 2 aliphatic rings. The average Bonchev–Trinajstić information content (AvgIpc) is 3.35. The minimum absolute atomic E-state index is 0.114. The molecular formula is C27H32BF5N2O2. The molecular weight excluding hydrogens is 490 g/mol. The molecule has 0 spiro atoms. The second kappa shape index (κ2) is 12.6. The number of carbonyl (C=O) groups is 2. The molecule has 37 heavy (non-hydrogen) atoms. The summed E-state index contributed by atoms with van der Waals surface area (Å²) in [5.41, 5.74) is -1.22. The predicted octanol–water partition coefficient (Wildman–Crippen LogP) is 5.19. The van der Waals surface area contributed by atoms with Crippen LogP contribution < -0.4 is 0 Å². The monoisotopic (exact) mass is 522 g/mol. The van der Waals surface area contributed by atoms with E-state index in [0.717, 1.165) is 24.3 Å². The number of rotatable bonds is 5. The van der Waals surface area contributed by atoms with Crippen LogP contribution in [-0.4, -0.2) is 68.7 Å². The molecule has 2 unspecified atom stereocenters. The van der Waals surface area contributed by atoms with Crippen molar-refractivity contribution in [2.75, 3.05) is 27.2 Å². The van der Waals surface area contributed by atoms with Crippen molar-refractivity contribution in [1.29, 1.82) is 0 Å². The van der Waals surface area contributed by atoms with Gasteiger partial charge in [-0.05, 0) is 36.8 Å². The lowest BCUT2D eigenvalue weighted by molar-refractivity contribution is -0.319. The Hall–Kier alpha value is -2.91. The number of benzene rings is 2. The fourth-order valence-corrected chi connectivity index (χ4v) is 4.70. The van der Waals surface area contributed by atoms with E-state index >= 15 is 0 Å². The van der Waals surface area contributed by atoms with E-state index in [1.54, 1.807) is 6.07 Å². The molecule has 2 radical (unpaired) electrons. The highest BCUT2D eigenvalue weighted by atomic mass is 19.4. The van der Waals surface area contributed by atoms with Gasteiger partial charge in [-0.2, -0.15) is 22.0 Å². The minimum atomic E-state index is -5.76. The first-order valence-corrected chi connectivity index (χ1v) is 12.0. The molecule has 2 heterocycles. The Balaban J connectivity index is 0.000000260. The van der Waals surface area contributed by atoms with Gasteiger partial charge in [-0.25, -0.2) is 0 Å². The first-order valence-electron chi connectivity index (χ1n) is 12.0. The number of carbonyl (C=O) groups excluding carboxylic acids is 2. The van der Waals surface area contributed by atoms with Crippen LogP contribution >= 0.6 is 0 Å². The van der Waals surface area contributed by atoms with Crippen LogP contribution in [0, 0.1) is 11.3 Å². The first-order chi connectivity index (χ1) is 17.4. The number of likely N-dealkylation sites (tertiary alicyclic amines) is 2. The fraction of sp³-hybridized carbons (Fsp3) is 0.481. The van der Waals surface area contributed by atoms with Crippen molar-refractivity contribution in [2.45, 2.75) is 44.6 Å². The molecule has 4 nitrogen and oxygen atoms in total. The van der Waals surface area contributed by atoms with Gasteiger partial charge in [-0.3, -0.25) is 9.59 Å². The first kappa shape index (κ1) is 30.3. The second-order valence-electron chi connectivity index (χ2n) is 9.23. The van der Waals surface area contributed by atoms with Crippen molar-refractivity contribution < 1.29 is 31.5 Å². The summed E-state index contributed by atoms with van der Waals surface area (Å²) in [4.78, 5) is 26.5. The summed E-state index contributed by atoms with van der Waals surface area (Å²) < 4.78 is 66.5. The number of halogens is 5. The molecule has 2 saturated heterocycles. The zero-order chi connectivity index (χ0) is 27.9. The van der Waals surface area contributed by atoms with E-state index < -0.39 is 36.3 Å². The smallest absolute Gasteiger partial charge is 0.345 e. The number of amides is 2. The van der Waals surface area contributed by atoms with Crippen molar-refractivity contribution >= 4 is 19.7 Å². The molecule has 2 atom stereocenters. The highest BCUT2D eigenvalue weighted by Crippen LogP contribution is 2.54. The summed E-state index contributed by atoms with van der Waals surface area (Å²) in [6.07, 6.45) is -5.02. The molecule has 200 valence electrons. The highest BCUT2D eigenvalue weighted by molar-refractivity contribution is 6.05. The van der Waals surface area contributed by atoms with Crippen LogP contribution in [0.4, 0.5) is 22.0 Å². The molecule has 0 aliphatic carbocycles. The average molecular weight is 522 g/mol. The number of hydrogen-bond acceptors (Lipinski definition) is 2. The van der Waals surface area contributed by atoms with Crippen LogP contribution in [0.15, 0.2) is 60.7 Å². The SMILES string of the molecule is CN1CCC(Cc2ccccc2)(C(F)(F)C(F)(F)F)C1=O.CN1CCC(Cc2ccccc2)C1=O.[B]C. The summed E-state index contributed by atoms with van der Waals surface area (Å²) in [5, 5.41) is 0. The third-order valence-electron chi connectivity index (χ3n) is 6.80. The van der Waals surface area contributed by atoms with Gasteiger partial charge in [0, 0.05) is 33.1 Å². The summed E-state index contributed by atoms with van der Waals surface area (Å²) in [7, 11) is 7.62. The van der Waals surface area contributed by atoms with Crippen molar-refractivity contribution in [3.8, 4) is 0 Å². The van der Waals surface area contributed by atoms with E-state index in [0.29, 0.717) is 5.91 Å². The maximum Gasteiger partial charge on any atom is 0.454 e. The summed E-state index contributed by atoms with van der Waals surface area (Å²) in [6, 6.07) is 17.8. The van der Waals surface area contributed by atoms with Crippen molar-refractivity contribution in [1.82, 2.24) is 9.80 Å². The van der Waals surface area contributed by atoms with Crippen LogP contribution in [0.3, 0.4) is 0 Å². The van der Waals surface area contributed by atoms with E-state index in [4.69, 9.17) is 0 Å². The topological polar surface area (TPSA) is 40.6 Å². The van der Waals surface area contributed by atoms with Crippen LogP contribution in [0.25, 0.3) is 0 Å². The van der Waals surface area contributed by atoms with E-state index in [-0.39, 0.29) is 18.0 Å². The quantitative estimate of drug-likeness (QED) is 0.401. The number of nitrogens with zero attached hydrogens (tertiary/aromatic N) is 2. The summed E-state index contributed by atoms with van der Waals surface area (Å²) in [6.45, 7) is 2.30. The lowest BCUT2D eigenvalue weighted by atomic mass is 9.74. The molecule has 0 bridgehead atoms. The third kappa shape index (κ3) is 6.70. The summed E-state index contributed by atoms with van der Waals surface area (Å²) >= 11 is 0. The van der Waals surface area contributed by atoms with Gasteiger partial charge in [0.15, 0.2) is 0 Å². The van der Waals surface area contributed by atoms with Gasteiger partial charge in [0.1, 0.15) is 5.41 Å². The van der Waals surface area contributed by atoms with Crippen LogP contribution in [0.2, 0.25) is 6.82 Å². The molecule has 0 aromatic heterocycles. The van der Waals surface area contributed by atoms with Gasteiger partial charge in [-0.1, -0.05) is 67.5 Å². The van der Waals surface area contributed by atoms with Crippen LogP contribution in [0.1, 0.15) is 24.0 Å². The van der Waals surface area contributed by atoms with Gasteiger partial charge in [0.2, 0.25) is 11.8 Å². The lowest BCUT2D eigenvalue weighted by Gasteiger charge is -2.36. The Bertz CT molecular complexity index is 1020. The Kier molecular flexibility index (Phi) is 10.3. The van der Waals surface area contributed by atoms with Crippen LogP contribution in [0.5, 0.6) is 0 Å². The molecule has 4 rings (SSSR count). The van der Waals surface area contributed by atoms with Gasteiger partial charge < -0.3 is 9.80 Å². The van der Waals surface area contributed by atoms with E-state index in [1.807, 2.05) is 30.1 Å². The number of hydrogen-bond donors (Lipinski definition) is 0. The van der Waals surface area contributed by atoms with Gasteiger partial charge in [-0.15, -0.1) is 0 Å². The maximum atomic E-state index is 14.0. The molecule has 10 heteroatoms. The maximum absolute atomic E-state index is 14.0. The second-order valence-corrected chi connectivity index (χ2v) is 9.23. The molecule has 2 aromatic carbocycles. The van der Waals surface area contributed by atoms with E-state index in [9.17, 15) is 31.5 Å².